The van der Waals surface area contributed by atoms with E-state index in [1.165, 1.54) is 17.4 Å². The number of nitriles is 1. The van der Waals surface area contributed by atoms with Crippen molar-refractivity contribution in [1.82, 2.24) is 10.2 Å². The molecular weight excluding hydrogens is 463 g/mol. The van der Waals surface area contributed by atoms with Gasteiger partial charge in [0.05, 0.1) is 23.3 Å². The number of aromatic nitrogens is 2. The molecule has 1 amide bonds. The Labute approximate surface area is 198 Å². The summed E-state index contributed by atoms with van der Waals surface area (Å²) in [5.41, 5.74) is 12.6. The van der Waals surface area contributed by atoms with Crippen LogP contribution in [0, 0.1) is 22.6 Å². The number of benzene rings is 1. The molecule has 4 N–H and O–H groups in total. The Bertz CT molecular complexity index is 1260. The number of Topliss-reactive ketones (excluding diaryl/α,β-unsaturated/α-hetero) is 1. The minimum absolute atomic E-state index is 0.0399. The van der Waals surface area contributed by atoms with Gasteiger partial charge in [-0.25, -0.2) is 4.39 Å². The molecule has 1 aliphatic heterocycles. The molecule has 0 bridgehead atoms. The number of halogens is 1. The lowest BCUT2D eigenvalue weighted by Crippen LogP contribution is -2.42. The third-order valence-electron chi connectivity index (χ3n) is 5.52. The van der Waals surface area contributed by atoms with E-state index in [1.807, 2.05) is 13.8 Å². The van der Waals surface area contributed by atoms with Gasteiger partial charge < -0.3 is 11.5 Å². The summed E-state index contributed by atoms with van der Waals surface area (Å²) in [6.45, 7) is 3.94. The first-order valence-electron chi connectivity index (χ1n) is 10.1. The molecule has 8 nitrogen and oxygen atoms in total. The molecule has 33 heavy (non-hydrogen) atoms. The fourth-order valence-electron chi connectivity index (χ4n) is 4.23. The lowest BCUT2D eigenvalue weighted by Gasteiger charge is -2.42. The monoisotopic (exact) mass is 484 g/mol. The molecule has 170 valence electrons. The van der Waals surface area contributed by atoms with Crippen LogP contribution >= 0.6 is 23.1 Å². The van der Waals surface area contributed by atoms with Gasteiger partial charge in [0.15, 0.2) is 10.1 Å². The third kappa shape index (κ3) is 4.24. The van der Waals surface area contributed by atoms with Crippen LogP contribution in [0.1, 0.15) is 38.2 Å². The Morgan fingerprint density at radius 1 is 1.36 bits per heavy atom. The molecule has 1 unspecified atom stereocenters. The molecule has 0 radical (unpaired) electrons. The number of anilines is 1. The first kappa shape index (κ1) is 22.9. The summed E-state index contributed by atoms with van der Waals surface area (Å²) in [5.74, 6) is -1.94. The van der Waals surface area contributed by atoms with Crippen LogP contribution in [0.25, 0.3) is 0 Å². The fraction of sp³-hybridized carbons (Fsp3) is 0.318. The van der Waals surface area contributed by atoms with E-state index in [0.29, 0.717) is 27.2 Å². The molecule has 0 saturated heterocycles. The minimum Gasteiger partial charge on any atom is -0.384 e. The van der Waals surface area contributed by atoms with E-state index in [9.17, 15) is 19.2 Å². The van der Waals surface area contributed by atoms with Gasteiger partial charge in [-0.05, 0) is 17.9 Å². The zero-order chi connectivity index (χ0) is 23.9. The van der Waals surface area contributed by atoms with E-state index >= 15 is 0 Å². The zero-order valence-corrected chi connectivity index (χ0v) is 19.6. The molecule has 1 atom stereocenters. The molecule has 0 saturated carbocycles. The number of thioether (sulfide) groups is 1. The Kier molecular flexibility index (Phi) is 5.99. The van der Waals surface area contributed by atoms with E-state index < -0.39 is 17.6 Å². The number of primary amides is 1. The number of amides is 1. The first-order chi connectivity index (χ1) is 15.6. The standard InChI is InChI=1S/C22H21FN6O2S2/c1-22(2)7-14-18(15(30)8-22)17(11-5-3-4-6-13(11)23)12(9-24)19(26)29(14)20-27-28-21(33-20)32-10-16(25)31/h3-6,17H,7-8,10,26H2,1-2H3,(H2,25,31). The van der Waals surface area contributed by atoms with Crippen molar-refractivity contribution in [3.05, 3.63) is 58.3 Å². The van der Waals surface area contributed by atoms with E-state index in [0.717, 1.165) is 11.8 Å². The molecule has 2 aliphatic rings. The number of ketones is 1. The lowest BCUT2D eigenvalue weighted by molar-refractivity contribution is -0.118. The van der Waals surface area contributed by atoms with Gasteiger partial charge in [-0.2, -0.15) is 5.26 Å². The molecule has 2 aromatic rings. The van der Waals surface area contributed by atoms with Crippen molar-refractivity contribution in [3.8, 4) is 6.07 Å². The van der Waals surface area contributed by atoms with Gasteiger partial charge in [0.25, 0.3) is 0 Å². The van der Waals surface area contributed by atoms with Crippen LogP contribution in [-0.4, -0.2) is 27.6 Å². The molecule has 4 rings (SSSR count). The SMILES string of the molecule is CC1(C)CC(=O)C2=C(C1)N(c1nnc(SCC(N)=O)s1)C(N)=C(C#N)C2c1ccccc1F. The summed E-state index contributed by atoms with van der Waals surface area (Å²) in [6, 6.07) is 8.20. The number of carbonyl (C=O) groups is 2. The van der Waals surface area contributed by atoms with Crippen LogP contribution in [-0.2, 0) is 9.59 Å². The third-order valence-corrected chi connectivity index (χ3v) is 7.59. The summed E-state index contributed by atoms with van der Waals surface area (Å²) < 4.78 is 15.3. The van der Waals surface area contributed by atoms with Crippen molar-refractivity contribution >= 4 is 39.9 Å². The largest absolute Gasteiger partial charge is 0.384 e. The molecule has 1 aliphatic carbocycles. The number of rotatable bonds is 5. The Morgan fingerprint density at radius 2 is 2.09 bits per heavy atom. The second-order valence-electron chi connectivity index (χ2n) is 8.61. The van der Waals surface area contributed by atoms with Crippen molar-refractivity contribution in [3.63, 3.8) is 0 Å². The molecule has 0 spiro atoms. The number of hydrogen-bond acceptors (Lipinski definition) is 9. The van der Waals surface area contributed by atoms with Crippen LogP contribution in [0.4, 0.5) is 9.52 Å². The van der Waals surface area contributed by atoms with E-state index in [-0.39, 0.29) is 40.3 Å². The summed E-state index contributed by atoms with van der Waals surface area (Å²) in [4.78, 5) is 26.1. The maximum Gasteiger partial charge on any atom is 0.227 e. The van der Waals surface area contributed by atoms with Gasteiger partial charge in [-0.1, -0.05) is 55.1 Å². The van der Waals surface area contributed by atoms with Crippen molar-refractivity contribution in [1.29, 1.82) is 5.26 Å². The molecule has 1 aromatic heterocycles. The number of hydrogen-bond donors (Lipinski definition) is 2. The summed E-state index contributed by atoms with van der Waals surface area (Å²) >= 11 is 2.31. The van der Waals surface area contributed by atoms with Gasteiger partial charge in [-0.3, -0.25) is 14.5 Å². The smallest absolute Gasteiger partial charge is 0.227 e. The van der Waals surface area contributed by atoms with Crippen LogP contribution in [0.15, 0.2) is 51.3 Å². The summed E-state index contributed by atoms with van der Waals surface area (Å²) in [5, 5.41) is 18.7. The van der Waals surface area contributed by atoms with Gasteiger partial charge in [0.2, 0.25) is 11.0 Å². The Hall–Kier alpha value is -3.23. The predicted molar refractivity (Wildman–Crippen MR) is 123 cm³/mol. The highest BCUT2D eigenvalue weighted by Gasteiger charge is 2.46. The second-order valence-corrected chi connectivity index (χ2v) is 10.8. The second kappa shape index (κ2) is 8.61. The normalized spacial score (nSPS) is 20.0. The quantitative estimate of drug-likeness (QED) is 0.617. The zero-order valence-electron chi connectivity index (χ0n) is 18.0. The summed E-state index contributed by atoms with van der Waals surface area (Å²) in [7, 11) is 0. The van der Waals surface area contributed by atoms with Crippen molar-refractivity contribution < 1.29 is 14.0 Å². The number of carbonyl (C=O) groups excluding carboxylic acids is 2. The van der Waals surface area contributed by atoms with E-state index in [4.69, 9.17) is 11.5 Å². The average molecular weight is 485 g/mol. The first-order valence-corrected chi connectivity index (χ1v) is 11.9. The van der Waals surface area contributed by atoms with Crippen LogP contribution in [0.3, 0.4) is 0 Å². The Balaban J connectivity index is 1.90. The Morgan fingerprint density at radius 3 is 2.76 bits per heavy atom. The number of nitrogens with zero attached hydrogens (tertiary/aromatic N) is 4. The van der Waals surface area contributed by atoms with E-state index in [1.54, 1.807) is 23.1 Å². The topological polar surface area (TPSA) is 139 Å². The van der Waals surface area contributed by atoms with Crippen molar-refractivity contribution in [2.24, 2.45) is 16.9 Å². The number of nitrogens with two attached hydrogens (primary N) is 2. The van der Waals surface area contributed by atoms with E-state index in [2.05, 4.69) is 16.3 Å². The number of allylic oxidation sites excluding steroid dienone is 3. The van der Waals surface area contributed by atoms with Gasteiger partial charge >= 0.3 is 0 Å². The molecule has 2 heterocycles. The van der Waals surface area contributed by atoms with Crippen LogP contribution in [0.5, 0.6) is 0 Å². The van der Waals surface area contributed by atoms with Crippen molar-refractivity contribution in [2.45, 2.75) is 36.9 Å². The minimum atomic E-state index is -0.900. The van der Waals surface area contributed by atoms with Gasteiger partial charge in [0.1, 0.15) is 11.6 Å². The predicted octanol–water partition coefficient (Wildman–Crippen LogP) is 3.20. The molecule has 0 fully saturated rings. The summed E-state index contributed by atoms with van der Waals surface area (Å²) in [6.07, 6.45) is 0.737. The maximum atomic E-state index is 14.8. The van der Waals surface area contributed by atoms with Crippen molar-refractivity contribution in [2.75, 3.05) is 10.7 Å². The van der Waals surface area contributed by atoms with Gasteiger partial charge in [-0.15, -0.1) is 10.2 Å². The molecule has 11 heteroatoms. The average Bonchev–Trinajstić information content (AvgIpc) is 3.19. The molecule has 1 aromatic carbocycles. The molecular formula is C22H21FN6O2S2. The highest BCUT2D eigenvalue weighted by molar-refractivity contribution is 8.01. The lowest BCUT2D eigenvalue weighted by atomic mass is 9.68. The van der Waals surface area contributed by atoms with Crippen LogP contribution < -0.4 is 16.4 Å². The highest BCUT2D eigenvalue weighted by Crippen LogP contribution is 2.51. The van der Waals surface area contributed by atoms with Gasteiger partial charge in [0, 0.05) is 23.3 Å². The highest BCUT2D eigenvalue weighted by atomic mass is 32.2. The maximum absolute atomic E-state index is 14.8. The fourth-order valence-corrected chi connectivity index (χ4v) is 5.85. The van der Waals surface area contributed by atoms with Crippen LogP contribution in [0.2, 0.25) is 0 Å².